The molecule has 0 spiro atoms. The van der Waals surface area contributed by atoms with Crippen LogP contribution in [0.5, 0.6) is 11.5 Å². The summed E-state index contributed by atoms with van der Waals surface area (Å²) in [6, 6.07) is 10.8. The molecule has 0 atom stereocenters. The van der Waals surface area contributed by atoms with Gasteiger partial charge in [-0.1, -0.05) is 17.3 Å². The summed E-state index contributed by atoms with van der Waals surface area (Å²) >= 11 is 0. The first-order valence-electron chi connectivity index (χ1n) is 8.74. The number of hydrogen-bond acceptors (Lipinski definition) is 7. The van der Waals surface area contributed by atoms with Crippen LogP contribution in [0.1, 0.15) is 11.8 Å². The number of ether oxygens (including phenoxy) is 2. The minimum absolute atomic E-state index is 0.0126. The first-order chi connectivity index (χ1) is 13.9. The largest absolute Gasteiger partial charge is 0.497 e. The molecule has 1 aromatic heterocycles. The van der Waals surface area contributed by atoms with Crippen molar-refractivity contribution in [3.05, 3.63) is 54.2 Å². The average Bonchev–Trinajstić information content (AvgIpc) is 3.16. The van der Waals surface area contributed by atoms with E-state index in [-0.39, 0.29) is 29.7 Å². The molecule has 0 bridgehead atoms. The number of nitrogens with zero attached hydrogens (tertiary/aromatic N) is 3. The van der Waals surface area contributed by atoms with Gasteiger partial charge in [0.05, 0.1) is 25.0 Å². The van der Waals surface area contributed by atoms with Crippen molar-refractivity contribution in [1.29, 1.82) is 0 Å². The highest BCUT2D eigenvalue weighted by Crippen LogP contribution is 2.33. The molecule has 2 aromatic carbocycles. The topological polar surface area (TPSA) is 94.8 Å². The second kappa shape index (κ2) is 7.45. The molecule has 8 nitrogen and oxygen atoms in total. The molecule has 4 rings (SSSR count). The van der Waals surface area contributed by atoms with Gasteiger partial charge in [-0.2, -0.15) is 9.29 Å². The van der Waals surface area contributed by atoms with Crippen molar-refractivity contribution >= 4 is 10.0 Å². The third kappa shape index (κ3) is 3.56. The summed E-state index contributed by atoms with van der Waals surface area (Å²) in [5.74, 6) is 0.459. The number of rotatable bonds is 6. The van der Waals surface area contributed by atoms with E-state index in [2.05, 4.69) is 10.1 Å². The minimum atomic E-state index is -3.81. The zero-order chi connectivity index (χ0) is 20.6. The molecule has 0 N–H and O–H groups in total. The van der Waals surface area contributed by atoms with E-state index in [0.717, 1.165) is 11.6 Å². The highest BCUT2D eigenvalue weighted by atomic mass is 32.2. The highest BCUT2D eigenvalue weighted by Gasteiger charge is 2.40. The van der Waals surface area contributed by atoms with E-state index in [0.29, 0.717) is 17.5 Å². The van der Waals surface area contributed by atoms with Crippen molar-refractivity contribution in [2.24, 2.45) is 0 Å². The highest BCUT2D eigenvalue weighted by molar-refractivity contribution is 7.89. The Morgan fingerprint density at radius 2 is 1.93 bits per heavy atom. The number of hydrogen-bond donors (Lipinski definition) is 0. The standard InChI is InChI=1S/C19H18FN3O5S/c1-26-14-5-3-4-12(8-14)18-21-19(28-22-18)13-10-23(11-13)29(24,25)15-6-7-17(27-2)16(20)9-15/h3-9,13H,10-11H2,1-2H3. The maximum atomic E-state index is 13.9. The van der Waals surface area contributed by atoms with Crippen LogP contribution in [-0.2, 0) is 10.0 Å². The fourth-order valence-electron chi connectivity index (χ4n) is 3.03. The number of aromatic nitrogens is 2. The first kappa shape index (κ1) is 19.3. The number of methoxy groups -OCH3 is 2. The maximum absolute atomic E-state index is 13.9. The molecule has 1 saturated heterocycles. The lowest BCUT2D eigenvalue weighted by molar-refractivity contribution is 0.216. The van der Waals surface area contributed by atoms with Gasteiger partial charge in [0, 0.05) is 18.7 Å². The lowest BCUT2D eigenvalue weighted by Gasteiger charge is -2.35. The molecule has 0 radical (unpaired) electrons. The van der Waals surface area contributed by atoms with Crippen LogP contribution in [0, 0.1) is 5.82 Å². The lowest BCUT2D eigenvalue weighted by atomic mass is 10.0. The zero-order valence-electron chi connectivity index (χ0n) is 15.7. The molecule has 152 valence electrons. The third-order valence-electron chi connectivity index (χ3n) is 4.73. The van der Waals surface area contributed by atoms with Gasteiger partial charge in [0.1, 0.15) is 5.75 Å². The molecule has 1 aliphatic heterocycles. The Bertz CT molecular complexity index is 1140. The summed E-state index contributed by atoms with van der Waals surface area (Å²) < 4.78 is 55.8. The molecule has 1 fully saturated rings. The quantitative estimate of drug-likeness (QED) is 0.606. The summed E-state index contributed by atoms with van der Waals surface area (Å²) in [6.45, 7) is 0.353. The van der Waals surface area contributed by atoms with Crippen LogP contribution < -0.4 is 9.47 Å². The normalized spacial score (nSPS) is 15.1. The summed E-state index contributed by atoms with van der Waals surface area (Å²) in [6.07, 6.45) is 0. The molecule has 3 aromatic rings. The van der Waals surface area contributed by atoms with Gasteiger partial charge in [0.25, 0.3) is 0 Å². The molecular weight excluding hydrogens is 401 g/mol. The van der Waals surface area contributed by atoms with E-state index in [1.165, 1.54) is 23.5 Å². The van der Waals surface area contributed by atoms with Gasteiger partial charge in [0.15, 0.2) is 11.6 Å². The van der Waals surface area contributed by atoms with Crippen LogP contribution in [0.2, 0.25) is 0 Å². The van der Waals surface area contributed by atoms with Gasteiger partial charge in [-0.05, 0) is 30.3 Å². The summed E-state index contributed by atoms with van der Waals surface area (Å²) in [5, 5.41) is 3.97. The average molecular weight is 419 g/mol. The van der Waals surface area contributed by atoms with Crippen LogP contribution in [0.25, 0.3) is 11.4 Å². The molecule has 10 heteroatoms. The molecule has 1 aliphatic rings. The third-order valence-corrected chi connectivity index (χ3v) is 6.56. The van der Waals surface area contributed by atoms with Crippen molar-refractivity contribution < 1.29 is 26.8 Å². The Morgan fingerprint density at radius 1 is 1.14 bits per heavy atom. The van der Waals surface area contributed by atoms with Gasteiger partial charge in [-0.25, -0.2) is 12.8 Å². The maximum Gasteiger partial charge on any atom is 0.243 e. The van der Waals surface area contributed by atoms with Crippen molar-refractivity contribution in [2.45, 2.75) is 10.8 Å². The minimum Gasteiger partial charge on any atom is -0.497 e. The predicted molar refractivity (Wildman–Crippen MR) is 101 cm³/mol. The van der Waals surface area contributed by atoms with E-state index in [1.54, 1.807) is 19.2 Å². The summed E-state index contributed by atoms with van der Waals surface area (Å²) in [4.78, 5) is 4.24. The molecule has 2 heterocycles. The Hall–Kier alpha value is -2.98. The summed E-state index contributed by atoms with van der Waals surface area (Å²) in [7, 11) is -0.929. The fourth-order valence-corrected chi connectivity index (χ4v) is 4.57. The van der Waals surface area contributed by atoms with Gasteiger partial charge in [-0.15, -0.1) is 0 Å². The van der Waals surface area contributed by atoms with Crippen LogP contribution in [0.3, 0.4) is 0 Å². The molecule has 0 saturated carbocycles. The van der Waals surface area contributed by atoms with Crippen LogP contribution in [-0.4, -0.2) is 50.2 Å². The van der Waals surface area contributed by atoms with E-state index in [1.807, 2.05) is 12.1 Å². The smallest absolute Gasteiger partial charge is 0.243 e. The Balaban J connectivity index is 1.47. The van der Waals surface area contributed by atoms with E-state index >= 15 is 0 Å². The van der Waals surface area contributed by atoms with E-state index in [9.17, 15) is 12.8 Å². The second-order valence-corrected chi connectivity index (χ2v) is 8.44. The second-order valence-electron chi connectivity index (χ2n) is 6.50. The van der Waals surface area contributed by atoms with Gasteiger partial charge < -0.3 is 14.0 Å². The number of benzene rings is 2. The number of sulfonamides is 1. The van der Waals surface area contributed by atoms with Crippen molar-refractivity contribution in [3.63, 3.8) is 0 Å². The van der Waals surface area contributed by atoms with Crippen LogP contribution >= 0.6 is 0 Å². The first-order valence-corrected chi connectivity index (χ1v) is 10.2. The summed E-state index contributed by atoms with van der Waals surface area (Å²) in [5.41, 5.74) is 0.733. The predicted octanol–water partition coefficient (Wildman–Crippen LogP) is 2.68. The number of halogens is 1. The van der Waals surface area contributed by atoms with Crippen molar-refractivity contribution in [3.8, 4) is 22.9 Å². The molecule has 0 aliphatic carbocycles. The van der Waals surface area contributed by atoms with E-state index < -0.39 is 15.8 Å². The monoisotopic (exact) mass is 419 g/mol. The van der Waals surface area contributed by atoms with Gasteiger partial charge in [0.2, 0.25) is 21.7 Å². The van der Waals surface area contributed by atoms with Gasteiger partial charge >= 0.3 is 0 Å². The lowest BCUT2D eigenvalue weighted by Crippen LogP contribution is -2.48. The van der Waals surface area contributed by atoms with E-state index in [4.69, 9.17) is 14.0 Å². The molecule has 29 heavy (non-hydrogen) atoms. The molecule has 0 unspecified atom stereocenters. The Labute approximate surface area is 166 Å². The van der Waals surface area contributed by atoms with Gasteiger partial charge in [-0.3, -0.25) is 0 Å². The van der Waals surface area contributed by atoms with Crippen molar-refractivity contribution in [2.75, 3.05) is 27.3 Å². The Kier molecular flexibility index (Phi) is 4.97. The Morgan fingerprint density at radius 3 is 2.62 bits per heavy atom. The SMILES string of the molecule is COc1cccc(-c2noc(C3CN(S(=O)(=O)c4ccc(OC)c(F)c4)C3)n2)c1. The van der Waals surface area contributed by atoms with Crippen molar-refractivity contribution in [1.82, 2.24) is 14.4 Å². The fraction of sp³-hybridized carbons (Fsp3) is 0.263. The zero-order valence-corrected chi connectivity index (χ0v) is 16.5. The van der Waals surface area contributed by atoms with Crippen LogP contribution in [0.4, 0.5) is 4.39 Å². The molecule has 0 amide bonds. The molecular formula is C19H18FN3O5S. The van der Waals surface area contributed by atoms with Crippen LogP contribution in [0.15, 0.2) is 51.9 Å².